The summed E-state index contributed by atoms with van der Waals surface area (Å²) in [5, 5.41) is 11.5. The van der Waals surface area contributed by atoms with Crippen LogP contribution in [0.15, 0.2) is 24.3 Å². The van der Waals surface area contributed by atoms with Crippen LogP contribution in [0, 0.1) is 23.6 Å². The maximum Gasteiger partial charge on any atom is 0.266 e. The van der Waals surface area contributed by atoms with Crippen molar-refractivity contribution in [2.75, 3.05) is 45.3 Å². The van der Waals surface area contributed by atoms with Gasteiger partial charge in [-0.15, -0.1) is 10.2 Å². The molecule has 0 radical (unpaired) electrons. The summed E-state index contributed by atoms with van der Waals surface area (Å²) in [4.78, 5) is 2.59. The summed E-state index contributed by atoms with van der Waals surface area (Å²) in [6.07, 6.45) is 1.53. The highest BCUT2D eigenvalue weighted by molar-refractivity contribution is 5.71. The molecule has 2 aromatic rings. The lowest BCUT2D eigenvalue weighted by atomic mass is 10.00. The summed E-state index contributed by atoms with van der Waals surface area (Å²) in [6.45, 7) is 5.12. The van der Waals surface area contributed by atoms with Crippen molar-refractivity contribution in [2.24, 2.45) is 17.8 Å². The molecule has 0 amide bonds. The molecule has 3 heterocycles. The normalized spacial score (nSPS) is 25.6. The Morgan fingerprint density at radius 2 is 1.85 bits per heavy atom. The third-order valence-corrected chi connectivity index (χ3v) is 7.51. The molecule has 0 spiro atoms. The lowest BCUT2D eigenvalue weighted by Crippen LogP contribution is -2.32. The number of nitrogens with zero attached hydrogens (tertiary/aromatic N) is 3. The Labute approximate surface area is 197 Å². The van der Waals surface area contributed by atoms with Gasteiger partial charge in [-0.25, -0.2) is 13.2 Å². The van der Waals surface area contributed by atoms with E-state index < -0.39 is 12.2 Å². The largest absolute Gasteiger partial charge is 0.496 e. The molecular formula is C25H31F3N4O2. The van der Waals surface area contributed by atoms with Gasteiger partial charge in [0.15, 0.2) is 0 Å². The number of ether oxygens (including phenoxy) is 2. The lowest BCUT2D eigenvalue weighted by molar-refractivity contribution is 0.0545. The van der Waals surface area contributed by atoms with Crippen molar-refractivity contribution in [2.45, 2.75) is 38.2 Å². The van der Waals surface area contributed by atoms with E-state index in [1.807, 2.05) is 0 Å². The highest BCUT2D eigenvalue weighted by Crippen LogP contribution is 2.41. The number of halogens is 3. The molecule has 1 aromatic heterocycles. The predicted molar refractivity (Wildman–Crippen MR) is 123 cm³/mol. The molecule has 3 aliphatic rings. The molecule has 3 fully saturated rings. The molecule has 1 aliphatic carbocycles. The van der Waals surface area contributed by atoms with Gasteiger partial charge < -0.3 is 19.7 Å². The number of fused-ring (bicyclic) bond motifs is 1. The van der Waals surface area contributed by atoms with Crippen LogP contribution >= 0.6 is 0 Å². The summed E-state index contributed by atoms with van der Waals surface area (Å²) in [5.41, 5.74) is -0.192. The first-order chi connectivity index (χ1) is 16.5. The van der Waals surface area contributed by atoms with Crippen molar-refractivity contribution in [3.05, 3.63) is 35.6 Å². The molecule has 3 atom stereocenters. The maximum absolute atomic E-state index is 13.9. The fourth-order valence-electron chi connectivity index (χ4n) is 5.88. The van der Waals surface area contributed by atoms with Crippen LogP contribution in [-0.2, 0) is 4.74 Å². The Balaban J connectivity index is 1.24. The quantitative estimate of drug-likeness (QED) is 0.621. The Morgan fingerprint density at radius 3 is 2.53 bits per heavy atom. The van der Waals surface area contributed by atoms with Gasteiger partial charge in [-0.05, 0) is 67.7 Å². The van der Waals surface area contributed by atoms with E-state index in [0.717, 1.165) is 70.5 Å². The van der Waals surface area contributed by atoms with Gasteiger partial charge in [0, 0.05) is 50.0 Å². The summed E-state index contributed by atoms with van der Waals surface area (Å²) >= 11 is 0. The van der Waals surface area contributed by atoms with Crippen molar-refractivity contribution >= 4 is 5.82 Å². The predicted octanol–water partition coefficient (Wildman–Crippen LogP) is 4.78. The summed E-state index contributed by atoms with van der Waals surface area (Å²) < 4.78 is 52.4. The fourth-order valence-corrected chi connectivity index (χ4v) is 5.88. The maximum atomic E-state index is 13.9. The van der Waals surface area contributed by atoms with Gasteiger partial charge in [0.25, 0.3) is 6.43 Å². The van der Waals surface area contributed by atoms with Gasteiger partial charge in [-0.2, -0.15) is 0 Å². The zero-order valence-electron chi connectivity index (χ0n) is 19.4. The van der Waals surface area contributed by atoms with Gasteiger partial charge in [0.2, 0.25) is 0 Å². The number of likely N-dealkylation sites (tertiary alicyclic amines) is 1. The molecule has 184 valence electrons. The first-order valence-corrected chi connectivity index (χ1v) is 12.1. The van der Waals surface area contributed by atoms with Crippen molar-refractivity contribution in [1.82, 2.24) is 15.1 Å². The number of methoxy groups -OCH3 is 1. The van der Waals surface area contributed by atoms with Crippen LogP contribution in [0.3, 0.4) is 0 Å². The highest BCUT2D eigenvalue weighted by atomic mass is 19.3. The molecule has 1 aromatic carbocycles. The molecule has 2 saturated heterocycles. The minimum Gasteiger partial charge on any atom is -0.496 e. The van der Waals surface area contributed by atoms with E-state index in [2.05, 4.69) is 20.4 Å². The van der Waals surface area contributed by atoms with E-state index >= 15 is 0 Å². The van der Waals surface area contributed by atoms with Crippen LogP contribution in [0.2, 0.25) is 0 Å². The molecular weight excluding hydrogens is 445 g/mol. The van der Waals surface area contributed by atoms with Crippen LogP contribution in [-0.4, -0.2) is 61.1 Å². The highest BCUT2D eigenvalue weighted by Gasteiger charge is 2.41. The van der Waals surface area contributed by atoms with Gasteiger partial charge in [-0.1, -0.05) is 0 Å². The molecule has 1 N–H and O–H groups in total. The van der Waals surface area contributed by atoms with E-state index in [1.54, 1.807) is 0 Å². The van der Waals surface area contributed by atoms with Gasteiger partial charge in [-0.3, -0.25) is 0 Å². The van der Waals surface area contributed by atoms with Crippen molar-refractivity contribution < 1.29 is 22.6 Å². The lowest BCUT2D eigenvalue weighted by Gasteiger charge is -2.27. The van der Waals surface area contributed by atoms with Crippen LogP contribution < -0.4 is 10.1 Å². The minimum absolute atomic E-state index is 0.0658. The number of hydrogen-bond donors (Lipinski definition) is 1. The van der Waals surface area contributed by atoms with E-state index in [0.29, 0.717) is 17.7 Å². The zero-order valence-corrected chi connectivity index (χ0v) is 19.4. The molecule has 1 saturated carbocycles. The minimum atomic E-state index is -2.78. The second-order valence-corrected chi connectivity index (χ2v) is 9.79. The first kappa shape index (κ1) is 23.4. The SMILES string of the molecule is COc1ccc(F)cc1-c1nnc(NC2C[C@@H]3CN(CC4CCOCC4)C[C@@H]3C2)cc1C(F)F. The van der Waals surface area contributed by atoms with E-state index in [-0.39, 0.29) is 28.6 Å². The van der Waals surface area contributed by atoms with Crippen LogP contribution in [0.1, 0.15) is 37.7 Å². The number of aromatic nitrogens is 2. The molecule has 2 aliphatic heterocycles. The van der Waals surface area contributed by atoms with Crippen molar-refractivity contribution in [1.29, 1.82) is 0 Å². The number of anilines is 1. The average Bonchev–Trinajstić information content (AvgIpc) is 3.37. The van der Waals surface area contributed by atoms with Crippen LogP contribution in [0.5, 0.6) is 5.75 Å². The second kappa shape index (κ2) is 10.1. The van der Waals surface area contributed by atoms with Gasteiger partial charge >= 0.3 is 0 Å². The third kappa shape index (κ3) is 5.00. The zero-order chi connectivity index (χ0) is 23.7. The molecule has 34 heavy (non-hydrogen) atoms. The molecule has 1 unspecified atom stereocenters. The van der Waals surface area contributed by atoms with Gasteiger partial charge in [0.05, 0.1) is 7.11 Å². The van der Waals surface area contributed by atoms with E-state index in [1.165, 1.54) is 25.3 Å². The Kier molecular flexibility index (Phi) is 6.92. The topological polar surface area (TPSA) is 59.5 Å². The molecule has 6 nitrogen and oxygen atoms in total. The monoisotopic (exact) mass is 476 g/mol. The fraction of sp³-hybridized carbons (Fsp3) is 0.600. The van der Waals surface area contributed by atoms with E-state index in [9.17, 15) is 13.2 Å². The summed E-state index contributed by atoms with van der Waals surface area (Å²) in [7, 11) is 1.41. The summed E-state index contributed by atoms with van der Waals surface area (Å²) in [6, 6.07) is 5.29. The molecule has 5 rings (SSSR count). The number of nitrogens with one attached hydrogen (secondary N) is 1. The van der Waals surface area contributed by atoms with Crippen molar-refractivity contribution in [3.8, 4) is 17.0 Å². The average molecular weight is 477 g/mol. The standard InChI is InChI=1S/C25H31F3N4O2/c1-33-22-3-2-18(26)10-20(22)24-21(25(27)28)11-23(30-31-24)29-19-8-16-13-32(14-17(16)9-19)12-15-4-6-34-7-5-15/h2-3,10-11,15-17,19,25H,4-9,12-14H2,1H3,(H,29,30)/t16-,17+,19?. The number of benzene rings is 1. The van der Waals surface area contributed by atoms with Crippen molar-refractivity contribution in [3.63, 3.8) is 0 Å². The Morgan fingerprint density at radius 1 is 1.12 bits per heavy atom. The number of hydrogen-bond acceptors (Lipinski definition) is 6. The third-order valence-electron chi connectivity index (χ3n) is 7.51. The van der Waals surface area contributed by atoms with Crippen LogP contribution in [0.25, 0.3) is 11.3 Å². The van der Waals surface area contributed by atoms with Crippen LogP contribution in [0.4, 0.5) is 19.0 Å². The van der Waals surface area contributed by atoms with E-state index in [4.69, 9.17) is 9.47 Å². The molecule has 9 heteroatoms. The Bertz CT molecular complexity index is 988. The van der Waals surface area contributed by atoms with Gasteiger partial charge in [0.1, 0.15) is 23.1 Å². The second-order valence-electron chi connectivity index (χ2n) is 9.79. The smallest absolute Gasteiger partial charge is 0.266 e. The number of alkyl halides is 2. The Hall–Kier alpha value is -2.39. The first-order valence-electron chi connectivity index (χ1n) is 12.1. The summed E-state index contributed by atoms with van der Waals surface area (Å²) in [5.74, 6) is 2.03. The number of rotatable bonds is 7. The molecule has 0 bridgehead atoms.